The molecule has 8 nitrogen and oxygen atoms in total. The van der Waals surface area contributed by atoms with Crippen LogP contribution >= 0.6 is 0 Å². The highest BCUT2D eigenvalue weighted by Gasteiger charge is 2.20. The van der Waals surface area contributed by atoms with Crippen molar-refractivity contribution in [2.24, 2.45) is 0 Å². The van der Waals surface area contributed by atoms with Crippen LogP contribution in [-0.4, -0.2) is 41.9 Å². The number of carbonyl (C=O) groups excluding carboxylic acids is 1. The summed E-state index contributed by atoms with van der Waals surface area (Å²) in [5, 5.41) is 3.59. The summed E-state index contributed by atoms with van der Waals surface area (Å²) in [6.45, 7) is 5.96. The van der Waals surface area contributed by atoms with Crippen molar-refractivity contribution in [1.29, 1.82) is 0 Å². The van der Waals surface area contributed by atoms with Crippen molar-refractivity contribution in [2.75, 3.05) is 13.1 Å². The molecule has 0 amide bonds. The second-order valence-electron chi connectivity index (χ2n) is 5.33. The van der Waals surface area contributed by atoms with Crippen molar-refractivity contribution in [3.8, 4) is 0 Å². The summed E-state index contributed by atoms with van der Waals surface area (Å²) in [7, 11) is -3.49. The monoisotopic (exact) mass is 379 g/mol. The van der Waals surface area contributed by atoms with E-state index in [0.717, 1.165) is 0 Å². The fourth-order valence-corrected chi connectivity index (χ4v) is 3.67. The minimum Gasteiger partial charge on any atom is -0.452 e. The maximum absolute atomic E-state index is 12.4. The van der Waals surface area contributed by atoms with Crippen molar-refractivity contribution in [2.45, 2.75) is 32.3 Å². The minimum absolute atomic E-state index is 0.106. The molecular weight excluding hydrogens is 358 g/mol. The Labute approximate surface area is 152 Å². The number of esters is 1. The van der Waals surface area contributed by atoms with Crippen molar-refractivity contribution in [1.82, 2.24) is 14.4 Å². The minimum atomic E-state index is -3.49. The Morgan fingerprint density at radius 2 is 1.88 bits per heavy atom. The van der Waals surface area contributed by atoms with Crippen LogP contribution < -0.4 is 0 Å². The number of rotatable bonds is 8. The summed E-state index contributed by atoms with van der Waals surface area (Å²) in [5.41, 5.74) is 0.675. The van der Waals surface area contributed by atoms with E-state index in [0.29, 0.717) is 24.5 Å². The van der Waals surface area contributed by atoms with Crippen LogP contribution in [0.3, 0.4) is 0 Å². The lowest BCUT2D eigenvalue weighted by molar-refractivity contribution is -0.139. The standard InChI is InChI=1S/C17H21N3O5S/c1-4-20(5-2)26(22,23)15-9-6-14(7-10-15)8-11-17(21)24-12-16-18-13(3)19-25-16/h6-11H,4-5,12H2,1-3H3/b11-8+. The molecule has 1 heterocycles. The molecule has 1 aromatic carbocycles. The molecule has 0 atom stereocenters. The van der Waals surface area contributed by atoms with E-state index in [2.05, 4.69) is 10.1 Å². The fourth-order valence-electron chi connectivity index (χ4n) is 2.21. The van der Waals surface area contributed by atoms with Crippen LogP contribution in [0.1, 0.15) is 31.1 Å². The van der Waals surface area contributed by atoms with E-state index in [1.807, 2.05) is 0 Å². The van der Waals surface area contributed by atoms with Gasteiger partial charge in [-0.1, -0.05) is 31.1 Å². The van der Waals surface area contributed by atoms with Gasteiger partial charge in [-0.3, -0.25) is 0 Å². The lowest BCUT2D eigenvalue weighted by atomic mass is 10.2. The number of carbonyl (C=O) groups is 1. The van der Waals surface area contributed by atoms with Gasteiger partial charge in [-0.15, -0.1) is 0 Å². The molecule has 2 aromatic rings. The summed E-state index contributed by atoms with van der Waals surface area (Å²) in [6.07, 6.45) is 2.78. The van der Waals surface area contributed by atoms with Crippen LogP contribution in [0.4, 0.5) is 0 Å². The van der Waals surface area contributed by atoms with E-state index in [1.54, 1.807) is 32.9 Å². The zero-order valence-electron chi connectivity index (χ0n) is 14.9. The summed E-state index contributed by atoms with van der Waals surface area (Å²) >= 11 is 0. The van der Waals surface area contributed by atoms with Gasteiger partial charge in [0.15, 0.2) is 12.4 Å². The number of nitrogens with zero attached hydrogens (tertiary/aromatic N) is 3. The maximum Gasteiger partial charge on any atom is 0.331 e. The Morgan fingerprint density at radius 1 is 1.23 bits per heavy atom. The van der Waals surface area contributed by atoms with Gasteiger partial charge in [-0.25, -0.2) is 13.2 Å². The molecule has 0 fully saturated rings. The molecule has 0 aliphatic carbocycles. The third-order valence-electron chi connectivity index (χ3n) is 3.54. The summed E-state index contributed by atoms with van der Waals surface area (Å²) in [5.74, 6) is 0.113. The molecule has 0 N–H and O–H groups in total. The van der Waals surface area contributed by atoms with Crippen molar-refractivity contribution < 1.29 is 22.5 Å². The maximum atomic E-state index is 12.4. The third-order valence-corrected chi connectivity index (χ3v) is 5.61. The molecule has 140 valence electrons. The van der Waals surface area contributed by atoms with Crippen LogP contribution in [0.2, 0.25) is 0 Å². The van der Waals surface area contributed by atoms with Gasteiger partial charge < -0.3 is 9.26 Å². The number of aromatic nitrogens is 2. The number of benzene rings is 1. The molecule has 2 rings (SSSR count). The van der Waals surface area contributed by atoms with Crippen LogP contribution in [0.25, 0.3) is 6.08 Å². The second-order valence-corrected chi connectivity index (χ2v) is 7.27. The number of aryl methyl sites for hydroxylation is 1. The first-order valence-corrected chi connectivity index (χ1v) is 9.55. The van der Waals surface area contributed by atoms with E-state index >= 15 is 0 Å². The van der Waals surface area contributed by atoms with Gasteiger partial charge in [0.05, 0.1) is 4.90 Å². The second kappa shape index (κ2) is 8.72. The Bertz CT molecular complexity index is 868. The first-order chi connectivity index (χ1) is 12.4. The largest absolute Gasteiger partial charge is 0.452 e. The number of ether oxygens (including phenoxy) is 1. The highest BCUT2D eigenvalue weighted by atomic mass is 32.2. The van der Waals surface area contributed by atoms with Gasteiger partial charge >= 0.3 is 5.97 Å². The van der Waals surface area contributed by atoms with Crippen molar-refractivity contribution >= 4 is 22.1 Å². The van der Waals surface area contributed by atoms with Gasteiger partial charge in [0.2, 0.25) is 10.0 Å². The molecule has 0 saturated heterocycles. The zero-order chi connectivity index (χ0) is 19.2. The highest BCUT2D eigenvalue weighted by molar-refractivity contribution is 7.89. The van der Waals surface area contributed by atoms with Crippen LogP contribution in [0.15, 0.2) is 39.8 Å². The lowest BCUT2D eigenvalue weighted by Gasteiger charge is -2.18. The lowest BCUT2D eigenvalue weighted by Crippen LogP contribution is -2.30. The summed E-state index contributed by atoms with van der Waals surface area (Å²) in [4.78, 5) is 15.8. The molecule has 0 spiro atoms. The van der Waals surface area contributed by atoms with Crippen LogP contribution in [0.5, 0.6) is 0 Å². The molecule has 0 aliphatic heterocycles. The summed E-state index contributed by atoms with van der Waals surface area (Å²) in [6, 6.07) is 6.28. The molecule has 0 bridgehead atoms. The number of hydrogen-bond donors (Lipinski definition) is 0. The van der Waals surface area contributed by atoms with Gasteiger partial charge in [-0.05, 0) is 30.7 Å². The topological polar surface area (TPSA) is 103 Å². The van der Waals surface area contributed by atoms with Gasteiger partial charge in [0.25, 0.3) is 5.89 Å². The number of sulfonamides is 1. The molecule has 9 heteroatoms. The van der Waals surface area contributed by atoms with Crippen molar-refractivity contribution in [3.63, 3.8) is 0 Å². The van der Waals surface area contributed by atoms with Crippen molar-refractivity contribution in [3.05, 3.63) is 47.6 Å². The molecular formula is C17H21N3O5S. The Morgan fingerprint density at radius 3 is 2.42 bits per heavy atom. The molecule has 0 radical (unpaired) electrons. The summed E-state index contributed by atoms with van der Waals surface area (Å²) < 4.78 is 36.0. The predicted molar refractivity (Wildman–Crippen MR) is 94.4 cm³/mol. The molecule has 0 unspecified atom stereocenters. The van der Waals surface area contributed by atoms with Gasteiger partial charge in [-0.2, -0.15) is 9.29 Å². The number of hydrogen-bond acceptors (Lipinski definition) is 7. The van der Waals surface area contributed by atoms with Gasteiger partial charge in [0.1, 0.15) is 0 Å². The Hall–Kier alpha value is -2.52. The smallest absolute Gasteiger partial charge is 0.331 e. The molecule has 26 heavy (non-hydrogen) atoms. The fraction of sp³-hybridized carbons (Fsp3) is 0.353. The van der Waals surface area contributed by atoms with E-state index in [9.17, 15) is 13.2 Å². The van der Waals surface area contributed by atoms with Crippen LogP contribution in [0, 0.1) is 6.92 Å². The quantitative estimate of drug-likeness (QED) is 0.511. The SMILES string of the molecule is CCN(CC)S(=O)(=O)c1ccc(/C=C/C(=O)OCc2nc(C)no2)cc1. The predicted octanol–water partition coefficient (Wildman–Crippen LogP) is 2.17. The Balaban J connectivity index is 1.97. The molecule has 0 saturated carbocycles. The van der Waals surface area contributed by atoms with E-state index < -0.39 is 16.0 Å². The highest BCUT2D eigenvalue weighted by Crippen LogP contribution is 2.16. The van der Waals surface area contributed by atoms with Gasteiger partial charge in [0, 0.05) is 19.2 Å². The normalized spacial score (nSPS) is 12.0. The van der Waals surface area contributed by atoms with E-state index in [-0.39, 0.29) is 17.4 Å². The first kappa shape index (κ1) is 19.8. The first-order valence-electron chi connectivity index (χ1n) is 8.11. The average Bonchev–Trinajstić information content (AvgIpc) is 3.04. The average molecular weight is 379 g/mol. The third kappa shape index (κ3) is 4.99. The van der Waals surface area contributed by atoms with E-state index in [4.69, 9.17) is 9.26 Å². The molecule has 0 aliphatic rings. The molecule has 1 aromatic heterocycles. The Kier molecular flexibility index (Phi) is 6.64. The zero-order valence-corrected chi connectivity index (χ0v) is 15.7. The van der Waals surface area contributed by atoms with Crippen LogP contribution in [-0.2, 0) is 26.2 Å². The van der Waals surface area contributed by atoms with E-state index in [1.165, 1.54) is 28.6 Å².